The average molecular weight is 404 g/mol. The van der Waals surface area contributed by atoms with E-state index >= 15 is 0 Å². The zero-order chi connectivity index (χ0) is 20.7. The number of aryl methyl sites for hydroxylation is 1. The summed E-state index contributed by atoms with van der Waals surface area (Å²) in [5, 5.41) is 4.26. The van der Waals surface area contributed by atoms with Gasteiger partial charge < -0.3 is 23.9 Å². The summed E-state index contributed by atoms with van der Waals surface area (Å²) >= 11 is 0. The van der Waals surface area contributed by atoms with Gasteiger partial charge in [-0.05, 0) is 37.3 Å². The van der Waals surface area contributed by atoms with E-state index in [-0.39, 0.29) is 12.0 Å². The highest BCUT2D eigenvalue weighted by molar-refractivity contribution is 6.07. The lowest BCUT2D eigenvalue weighted by Crippen LogP contribution is -2.18. The van der Waals surface area contributed by atoms with Crippen molar-refractivity contribution in [3.05, 3.63) is 60.0 Å². The first kappa shape index (κ1) is 18.4. The molecule has 4 aromatic rings. The molecule has 0 spiro atoms. The topological polar surface area (TPSA) is 86.1 Å². The van der Waals surface area contributed by atoms with Crippen molar-refractivity contribution in [2.24, 2.45) is 0 Å². The van der Waals surface area contributed by atoms with Crippen LogP contribution in [0.25, 0.3) is 21.9 Å². The molecule has 1 amide bonds. The fourth-order valence-corrected chi connectivity index (χ4v) is 3.43. The molecule has 1 fully saturated rings. The summed E-state index contributed by atoms with van der Waals surface area (Å²) in [6, 6.07) is 13.0. The third kappa shape index (κ3) is 3.44. The molecule has 1 unspecified atom stereocenters. The quantitative estimate of drug-likeness (QED) is 0.484. The van der Waals surface area contributed by atoms with Crippen LogP contribution in [0.3, 0.4) is 0 Å². The number of fused-ring (bicyclic) bond motifs is 2. The second-order valence-electron chi connectivity index (χ2n) is 7.13. The van der Waals surface area contributed by atoms with Crippen LogP contribution in [0.15, 0.2) is 53.1 Å². The maximum absolute atomic E-state index is 12.1. The Hall–Kier alpha value is -3.58. The first-order chi connectivity index (χ1) is 14.6. The first-order valence-electron chi connectivity index (χ1n) is 9.68. The number of benzene rings is 2. The highest BCUT2D eigenvalue weighted by Crippen LogP contribution is 2.34. The van der Waals surface area contributed by atoms with Gasteiger partial charge >= 0.3 is 0 Å². The van der Waals surface area contributed by atoms with Gasteiger partial charge in [0.15, 0.2) is 0 Å². The lowest BCUT2D eigenvalue weighted by molar-refractivity contribution is 0.0963. The van der Waals surface area contributed by atoms with Crippen LogP contribution in [-0.2, 0) is 4.74 Å². The molecule has 7 nitrogen and oxygen atoms in total. The van der Waals surface area contributed by atoms with Crippen LogP contribution < -0.4 is 14.8 Å². The molecule has 3 heterocycles. The van der Waals surface area contributed by atoms with E-state index in [1.165, 1.54) is 0 Å². The number of carbonyl (C=O) groups is 1. The van der Waals surface area contributed by atoms with Crippen LogP contribution in [-0.4, -0.2) is 37.3 Å². The van der Waals surface area contributed by atoms with Crippen molar-refractivity contribution in [1.29, 1.82) is 0 Å². The number of carbonyl (C=O) groups excluding carboxylic acids is 1. The number of epoxide rings is 1. The molecule has 152 valence electrons. The second kappa shape index (κ2) is 7.35. The van der Waals surface area contributed by atoms with Crippen molar-refractivity contribution in [3.8, 4) is 17.2 Å². The van der Waals surface area contributed by atoms with Crippen LogP contribution in [0.2, 0.25) is 0 Å². The van der Waals surface area contributed by atoms with Gasteiger partial charge in [0.25, 0.3) is 5.91 Å². The number of ether oxygens (including phenoxy) is 3. The molecule has 2 aromatic heterocycles. The smallest absolute Gasteiger partial charge is 0.255 e. The summed E-state index contributed by atoms with van der Waals surface area (Å²) in [5.74, 6) is 2.42. The Morgan fingerprint density at radius 2 is 1.97 bits per heavy atom. The van der Waals surface area contributed by atoms with E-state index < -0.39 is 0 Å². The van der Waals surface area contributed by atoms with Crippen LogP contribution in [0.5, 0.6) is 17.2 Å². The maximum Gasteiger partial charge on any atom is 0.255 e. The number of nitrogens with one attached hydrogen (secondary N) is 1. The Morgan fingerprint density at radius 1 is 1.17 bits per heavy atom. The number of nitrogens with zero attached hydrogens (tertiary/aromatic N) is 1. The van der Waals surface area contributed by atoms with Crippen molar-refractivity contribution in [2.45, 2.75) is 13.0 Å². The molecule has 1 atom stereocenters. The highest BCUT2D eigenvalue weighted by Gasteiger charge is 2.23. The normalized spacial score (nSPS) is 15.3. The fraction of sp³-hybridized carbons (Fsp3) is 0.217. The van der Waals surface area contributed by atoms with Gasteiger partial charge in [-0.15, -0.1) is 0 Å². The molecule has 0 saturated carbocycles. The molecule has 2 aromatic carbocycles. The molecule has 1 N–H and O–H groups in total. The summed E-state index contributed by atoms with van der Waals surface area (Å²) in [5.41, 5.74) is 1.91. The van der Waals surface area contributed by atoms with Crippen molar-refractivity contribution in [1.82, 2.24) is 10.3 Å². The molecule has 0 bridgehead atoms. The van der Waals surface area contributed by atoms with Gasteiger partial charge in [-0.2, -0.15) is 0 Å². The Bertz CT molecular complexity index is 1260. The summed E-state index contributed by atoms with van der Waals surface area (Å²) in [6.07, 6.45) is 1.90. The van der Waals surface area contributed by atoms with Gasteiger partial charge in [0, 0.05) is 36.1 Å². The van der Waals surface area contributed by atoms with E-state index in [1.54, 1.807) is 26.2 Å². The van der Waals surface area contributed by atoms with Gasteiger partial charge in [-0.1, -0.05) is 0 Å². The molecule has 5 rings (SSSR count). The van der Waals surface area contributed by atoms with E-state index in [0.29, 0.717) is 35.0 Å². The van der Waals surface area contributed by atoms with E-state index in [9.17, 15) is 4.79 Å². The second-order valence-corrected chi connectivity index (χ2v) is 7.13. The molecule has 30 heavy (non-hydrogen) atoms. The lowest BCUT2D eigenvalue weighted by atomic mass is 10.1. The number of amides is 1. The fourth-order valence-electron chi connectivity index (χ4n) is 3.43. The third-order valence-electron chi connectivity index (χ3n) is 5.03. The van der Waals surface area contributed by atoms with Crippen LogP contribution in [0.1, 0.15) is 16.1 Å². The zero-order valence-corrected chi connectivity index (χ0v) is 16.6. The minimum Gasteiger partial charge on any atom is -0.491 e. The molecular weight excluding hydrogens is 384 g/mol. The summed E-state index contributed by atoms with van der Waals surface area (Å²) in [7, 11) is 1.60. The Labute approximate surface area is 172 Å². The van der Waals surface area contributed by atoms with Gasteiger partial charge in [-0.25, -0.2) is 0 Å². The monoisotopic (exact) mass is 404 g/mol. The zero-order valence-electron chi connectivity index (χ0n) is 16.6. The summed E-state index contributed by atoms with van der Waals surface area (Å²) < 4.78 is 22.8. The maximum atomic E-state index is 12.1. The van der Waals surface area contributed by atoms with Gasteiger partial charge in [0.1, 0.15) is 41.3 Å². The molecule has 0 aliphatic carbocycles. The first-order valence-corrected chi connectivity index (χ1v) is 9.68. The van der Waals surface area contributed by atoms with Crippen LogP contribution in [0.4, 0.5) is 0 Å². The predicted octanol–water partition coefficient (Wildman–Crippen LogP) is 4.22. The largest absolute Gasteiger partial charge is 0.491 e. The van der Waals surface area contributed by atoms with E-state index in [1.807, 2.05) is 36.4 Å². The molecule has 0 radical (unpaired) electrons. The molecule has 1 aliphatic rings. The van der Waals surface area contributed by atoms with E-state index in [2.05, 4.69) is 10.3 Å². The number of rotatable bonds is 6. The summed E-state index contributed by atoms with van der Waals surface area (Å²) in [4.78, 5) is 16.5. The van der Waals surface area contributed by atoms with Crippen molar-refractivity contribution in [3.63, 3.8) is 0 Å². The van der Waals surface area contributed by atoms with Crippen molar-refractivity contribution >= 4 is 27.8 Å². The van der Waals surface area contributed by atoms with Gasteiger partial charge in [0.05, 0.1) is 17.7 Å². The third-order valence-corrected chi connectivity index (χ3v) is 5.03. The van der Waals surface area contributed by atoms with Crippen LogP contribution in [0, 0.1) is 6.92 Å². The minimum absolute atomic E-state index is 0.175. The van der Waals surface area contributed by atoms with Crippen molar-refractivity contribution < 1.29 is 23.4 Å². The molecular formula is C23H20N2O5. The summed E-state index contributed by atoms with van der Waals surface area (Å²) in [6.45, 7) is 3.08. The SMILES string of the molecule is CNC(=O)c1c(C)oc2cc(Oc3ccnc4cc(OCC5CO5)ccc34)ccc12. The highest BCUT2D eigenvalue weighted by atomic mass is 16.6. The Kier molecular flexibility index (Phi) is 4.52. The predicted molar refractivity (Wildman–Crippen MR) is 111 cm³/mol. The Morgan fingerprint density at radius 3 is 2.77 bits per heavy atom. The van der Waals surface area contributed by atoms with E-state index in [0.717, 1.165) is 28.6 Å². The lowest BCUT2D eigenvalue weighted by Gasteiger charge is -2.10. The standard InChI is InChI=1S/C23H20N2O5/c1-13-22(23(26)24-2)18-6-4-15(10-21(18)29-13)30-20-7-8-25-19-9-14(3-5-17(19)20)27-11-16-12-28-16/h3-10,16H,11-12H2,1-2H3,(H,24,26). The van der Waals surface area contributed by atoms with Crippen LogP contribution >= 0.6 is 0 Å². The number of furan rings is 1. The Balaban J connectivity index is 1.44. The number of hydrogen-bond donors (Lipinski definition) is 1. The van der Waals surface area contributed by atoms with Gasteiger partial charge in [-0.3, -0.25) is 9.78 Å². The number of hydrogen-bond acceptors (Lipinski definition) is 6. The molecule has 7 heteroatoms. The molecule has 1 aliphatic heterocycles. The minimum atomic E-state index is -0.175. The number of aromatic nitrogens is 1. The number of pyridine rings is 1. The van der Waals surface area contributed by atoms with Crippen molar-refractivity contribution in [2.75, 3.05) is 20.3 Å². The van der Waals surface area contributed by atoms with Gasteiger partial charge in [0.2, 0.25) is 0 Å². The van der Waals surface area contributed by atoms with E-state index in [4.69, 9.17) is 18.6 Å². The molecule has 1 saturated heterocycles. The average Bonchev–Trinajstić information content (AvgIpc) is 3.52.